The third kappa shape index (κ3) is 6.62. The van der Waals surface area contributed by atoms with E-state index in [2.05, 4.69) is 0 Å². The molecule has 2 heteroatoms. The van der Waals surface area contributed by atoms with Crippen molar-refractivity contribution in [3.8, 4) is 0 Å². The lowest BCUT2D eigenvalue weighted by Crippen LogP contribution is -2.14. The highest BCUT2D eigenvalue weighted by Crippen LogP contribution is 2.09. The number of aliphatic hydroxyl groups excluding tert-OH is 1. The van der Waals surface area contributed by atoms with Gasteiger partial charge in [0.25, 0.3) is 0 Å². The Morgan fingerprint density at radius 3 is 2.42 bits per heavy atom. The monoisotopic (exact) mass is 174 g/mol. The summed E-state index contributed by atoms with van der Waals surface area (Å²) >= 11 is 0. The molecule has 0 aliphatic rings. The van der Waals surface area contributed by atoms with Gasteiger partial charge in [0, 0.05) is 13.2 Å². The summed E-state index contributed by atoms with van der Waals surface area (Å²) in [5.41, 5.74) is 0. The quantitative estimate of drug-likeness (QED) is 0.600. The van der Waals surface area contributed by atoms with E-state index in [4.69, 9.17) is 4.74 Å². The molecule has 0 heterocycles. The van der Waals surface area contributed by atoms with Gasteiger partial charge in [0.1, 0.15) is 0 Å². The lowest BCUT2D eigenvalue weighted by atomic mass is 10.0. The highest BCUT2D eigenvalue weighted by molar-refractivity contribution is 4.59. The van der Waals surface area contributed by atoms with Crippen LogP contribution in [0, 0.1) is 5.92 Å². The van der Waals surface area contributed by atoms with Crippen molar-refractivity contribution in [2.75, 3.05) is 13.2 Å². The van der Waals surface area contributed by atoms with Crippen LogP contribution in [0.5, 0.6) is 0 Å². The minimum atomic E-state index is -0.133. The lowest BCUT2D eigenvalue weighted by Gasteiger charge is -2.13. The number of ether oxygens (including phenoxy) is 1. The van der Waals surface area contributed by atoms with Gasteiger partial charge in [-0.15, -0.1) is 0 Å². The average Bonchev–Trinajstić information content (AvgIpc) is 2.03. The number of hydrogen-bond acceptors (Lipinski definition) is 2. The molecule has 0 spiro atoms. The SMILES string of the molecule is CCOCCCCC(O)C(C)C. The van der Waals surface area contributed by atoms with Gasteiger partial charge >= 0.3 is 0 Å². The van der Waals surface area contributed by atoms with Gasteiger partial charge in [-0.3, -0.25) is 0 Å². The number of rotatable bonds is 7. The van der Waals surface area contributed by atoms with E-state index in [1.807, 2.05) is 20.8 Å². The molecule has 0 aromatic rings. The first-order chi connectivity index (χ1) is 5.68. The smallest absolute Gasteiger partial charge is 0.0563 e. The Bertz CT molecular complexity index is 91.8. The fourth-order valence-corrected chi connectivity index (χ4v) is 1.04. The molecule has 0 aliphatic heterocycles. The molecule has 0 bridgehead atoms. The minimum Gasteiger partial charge on any atom is -0.393 e. The maximum absolute atomic E-state index is 9.44. The van der Waals surface area contributed by atoms with Gasteiger partial charge in [0.05, 0.1) is 6.10 Å². The number of unbranched alkanes of at least 4 members (excludes halogenated alkanes) is 1. The predicted molar refractivity (Wildman–Crippen MR) is 51.2 cm³/mol. The second-order valence-corrected chi connectivity index (χ2v) is 3.50. The Hall–Kier alpha value is -0.0800. The van der Waals surface area contributed by atoms with Crippen molar-refractivity contribution in [3.63, 3.8) is 0 Å². The highest BCUT2D eigenvalue weighted by atomic mass is 16.5. The van der Waals surface area contributed by atoms with Crippen molar-refractivity contribution < 1.29 is 9.84 Å². The second kappa shape index (κ2) is 7.56. The van der Waals surface area contributed by atoms with E-state index in [0.29, 0.717) is 5.92 Å². The van der Waals surface area contributed by atoms with Crippen molar-refractivity contribution >= 4 is 0 Å². The van der Waals surface area contributed by atoms with Gasteiger partial charge in [-0.05, 0) is 32.1 Å². The zero-order chi connectivity index (χ0) is 9.40. The van der Waals surface area contributed by atoms with Crippen molar-refractivity contribution in [1.29, 1.82) is 0 Å². The Kier molecular flexibility index (Phi) is 7.51. The van der Waals surface area contributed by atoms with E-state index in [0.717, 1.165) is 32.5 Å². The van der Waals surface area contributed by atoms with Gasteiger partial charge in [0.2, 0.25) is 0 Å². The first-order valence-corrected chi connectivity index (χ1v) is 4.94. The third-order valence-corrected chi connectivity index (χ3v) is 2.01. The molecule has 74 valence electrons. The molecule has 0 aromatic heterocycles. The van der Waals surface area contributed by atoms with Crippen LogP contribution < -0.4 is 0 Å². The Morgan fingerprint density at radius 1 is 1.25 bits per heavy atom. The molecule has 0 saturated carbocycles. The van der Waals surface area contributed by atoms with Crippen molar-refractivity contribution in [2.24, 2.45) is 5.92 Å². The summed E-state index contributed by atoms with van der Waals surface area (Å²) in [6.07, 6.45) is 2.91. The molecule has 0 fully saturated rings. The van der Waals surface area contributed by atoms with Crippen LogP contribution in [0.4, 0.5) is 0 Å². The standard InChI is InChI=1S/C10H22O2/c1-4-12-8-6-5-7-10(11)9(2)3/h9-11H,4-8H2,1-3H3. The van der Waals surface area contributed by atoms with Crippen LogP contribution in [-0.2, 0) is 4.74 Å². The topological polar surface area (TPSA) is 29.5 Å². The van der Waals surface area contributed by atoms with Crippen LogP contribution in [0.25, 0.3) is 0 Å². The molecule has 0 radical (unpaired) electrons. The maximum atomic E-state index is 9.44. The zero-order valence-corrected chi connectivity index (χ0v) is 8.55. The third-order valence-electron chi connectivity index (χ3n) is 2.01. The van der Waals surface area contributed by atoms with Gasteiger partial charge in [0.15, 0.2) is 0 Å². The van der Waals surface area contributed by atoms with Crippen LogP contribution in [0.1, 0.15) is 40.0 Å². The molecule has 1 atom stereocenters. The first kappa shape index (κ1) is 11.9. The largest absolute Gasteiger partial charge is 0.393 e. The van der Waals surface area contributed by atoms with E-state index >= 15 is 0 Å². The summed E-state index contributed by atoms with van der Waals surface area (Å²) < 4.78 is 5.19. The molecule has 0 aromatic carbocycles. The van der Waals surface area contributed by atoms with Crippen molar-refractivity contribution in [3.05, 3.63) is 0 Å². The van der Waals surface area contributed by atoms with Crippen molar-refractivity contribution in [2.45, 2.75) is 46.1 Å². The molecule has 0 rings (SSSR count). The first-order valence-electron chi connectivity index (χ1n) is 4.94. The highest BCUT2D eigenvalue weighted by Gasteiger charge is 2.07. The van der Waals surface area contributed by atoms with E-state index in [-0.39, 0.29) is 6.10 Å². The maximum Gasteiger partial charge on any atom is 0.0563 e. The van der Waals surface area contributed by atoms with Crippen LogP contribution in [0.3, 0.4) is 0 Å². The Labute approximate surface area is 75.9 Å². The molecular formula is C10H22O2. The molecule has 1 unspecified atom stereocenters. The number of aliphatic hydroxyl groups is 1. The summed E-state index contributed by atoms with van der Waals surface area (Å²) in [7, 11) is 0. The molecule has 0 aliphatic carbocycles. The summed E-state index contributed by atoms with van der Waals surface area (Å²) in [4.78, 5) is 0. The second-order valence-electron chi connectivity index (χ2n) is 3.50. The van der Waals surface area contributed by atoms with Gasteiger partial charge < -0.3 is 9.84 Å². The van der Waals surface area contributed by atoms with Crippen molar-refractivity contribution in [1.82, 2.24) is 0 Å². The summed E-state index contributed by atoms with van der Waals surface area (Å²) in [6, 6.07) is 0. The zero-order valence-electron chi connectivity index (χ0n) is 8.55. The number of hydrogen-bond donors (Lipinski definition) is 1. The Balaban J connectivity index is 3.08. The average molecular weight is 174 g/mol. The summed E-state index contributed by atoms with van der Waals surface area (Å²) in [5.74, 6) is 0.386. The normalized spacial score (nSPS) is 13.8. The van der Waals surface area contributed by atoms with E-state index in [1.165, 1.54) is 0 Å². The van der Waals surface area contributed by atoms with Crippen LogP contribution >= 0.6 is 0 Å². The predicted octanol–water partition coefficient (Wildman–Crippen LogP) is 2.21. The fraction of sp³-hybridized carbons (Fsp3) is 1.00. The lowest BCUT2D eigenvalue weighted by molar-refractivity contribution is 0.103. The Morgan fingerprint density at radius 2 is 1.92 bits per heavy atom. The van der Waals surface area contributed by atoms with Gasteiger partial charge in [-0.25, -0.2) is 0 Å². The van der Waals surface area contributed by atoms with E-state index in [1.54, 1.807) is 0 Å². The molecule has 2 nitrogen and oxygen atoms in total. The van der Waals surface area contributed by atoms with Crippen LogP contribution in [-0.4, -0.2) is 24.4 Å². The van der Waals surface area contributed by atoms with Crippen LogP contribution in [0.2, 0.25) is 0 Å². The minimum absolute atomic E-state index is 0.133. The molecule has 1 N–H and O–H groups in total. The molecular weight excluding hydrogens is 152 g/mol. The summed E-state index contributed by atoms with van der Waals surface area (Å²) in [5, 5.41) is 9.44. The fourth-order valence-electron chi connectivity index (χ4n) is 1.04. The molecule has 12 heavy (non-hydrogen) atoms. The molecule has 0 amide bonds. The van der Waals surface area contributed by atoms with Crippen LogP contribution in [0.15, 0.2) is 0 Å². The van der Waals surface area contributed by atoms with E-state index in [9.17, 15) is 5.11 Å². The van der Waals surface area contributed by atoms with Gasteiger partial charge in [-0.2, -0.15) is 0 Å². The summed E-state index contributed by atoms with van der Waals surface area (Å²) in [6.45, 7) is 7.73. The molecule has 0 saturated heterocycles. The van der Waals surface area contributed by atoms with E-state index < -0.39 is 0 Å². The van der Waals surface area contributed by atoms with Gasteiger partial charge in [-0.1, -0.05) is 13.8 Å².